The van der Waals surface area contributed by atoms with Gasteiger partial charge in [-0.3, -0.25) is 9.59 Å². The zero-order chi connectivity index (χ0) is 24.6. The Morgan fingerprint density at radius 1 is 1.11 bits per heavy atom. The van der Waals surface area contributed by atoms with Crippen molar-refractivity contribution in [1.29, 1.82) is 0 Å². The van der Waals surface area contributed by atoms with Crippen molar-refractivity contribution < 1.29 is 19.1 Å². The van der Waals surface area contributed by atoms with Crippen LogP contribution in [0.1, 0.15) is 36.9 Å². The summed E-state index contributed by atoms with van der Waals surface area (Å²) in [4.78, 5) is 24.2. The number of aromatic nitrogens is 3. The van der Waals surface area contributed by atoms with Gasteiger partial charge < -0.3 is 14.8 Å². The molecule has 3 aromatic rings. The molecule has 2 aromatic carbocycles. The van der Waals surface area contributed by atoms with Crippen LogP contribution in [0.25, 0.3) is 17.3 Å². The van der Waals surface area contributed by atoms with Crippen molar-refractivity contribution >= 4 is 18.0 Å². The number of rotatable bonds is 8. The molecule has 0 radical (unpaired) electrons. The highest BCUT2D eigenvalue weighted by Gasteiger charge is 2.29. The number of hydrogen-bond acceptors (Lipinski definition) is 6. The van der Waals surface area contributed by atoms with E-state index in [2.05, 4.69) is 15.6 Å². The van der Waals surface area contributed by atoms with E-state index in [0.29, 0.717) is 18.7 Å². The van der Waals surface area contributed by atoms with E-state index in [1.807, 2.05) is 54.6 Å². The number of benzene rings is 2. The summed E-state index contributed by atoms with van der Waals surface area (Å²) in [5, 5.41) is 11.3. The second-order valence-electron chi connectivity index (χ2n) is 8.62. The van der Waals surface area contributed by atoms with Crippen molar-refractivity contribution in [3.63, 3.8) is 0 Å². The van der Waals surface area contributed by atoms with Gasteiger partial charge in [-0.15, -0.1) is 5.10 Å². The normalized spacial score (nSPS) is 17.8. The minimum atomic E-state index is -0.192. The molecule has 1 N–H and O–H groups in total. The van der Waals surface area contributed by atoms with E-state index in [0.717, 1.165) is 41.8 Å². The molecule has 1 amide bonds. The van der Waals surface area contributed by atoms with Crippen molar-refractivity contribution in [2.75, 3.05) is 7.11 Å². The van der Waals surface area contributed by atoms with Gasteiger partial charge in [-0.05, 0) is 61.6 Å². The topological polar surface area (TPSA) is 95.3 Å². The molecule has 0 spiro atoms. The molecule has 1 heterocycles. The van der Waals surface area contributed by atoms with Crippen LogP contribution in [0, 0.1) is 5.92 Å². The van der Waals surface area contributed by atoms with Crippen LogP contribution in [-0.2, 0) is 27.9 Å². The van der Waals surface area contributed by atoms with Crippen molar-refractivity contribution in [2.24, 2.45) is 13.0 Å². The van der Waals surface area contributed by atoms with Gasteiger partial charge in [0.2, 0.25) is 5.91 Å². The minimum Gasteiger partial charge on any atom is -0.490 e. The summed E-state index contributed by atoms with van der Waals surface area (Å²) in [5.41, 5.74) is 3.34. The van der Waals surface area contributed by atoms with Gasteiger partial charge in [-0.2, -0.15) is 0 Å². The molecule has 8 heteroatoms. The Bertz CT molecular complexity index is 1170. The first-order chi connectivity index (χ1) is 17.0. The third-order valence-electron chi connectivity index (χ3n) is 6.19. The Labute approximate surface area is 204 Å². The molecular formula is C27H30N4O4. The van der Waals surface area contributed by atoms with E-state index in [-0.39, 0.29) is 23.9 Å². The Kier molecular flexibility index (Phi) is 7.92. The fourth-order valence-electron chi connectivity index (χ4n) is 4.28. The van der Waals surface area contributed by atoms with E-state index >= 15 is 0 Å². The van der Waals surface area contributed by atoms with Crippen molar-refractivity contribution in [1.82, 2.24) is 20.3 Å². The summed E-state index contributed by atoms with van der Waals surface area (Å²) in [5.74, 6) is 0.293. The number of ether oxygens (including phenoxy) is 2. The number of amides is 1. The molecule has 182 valence electrons. The van der Waals surface area contributed by atoms with E-state index < -0.39 is 0 Å². The van der Waals surface area contributed by atoms with Crippen LogP contribution in [0.5, 0.6) is 5.75 Å². The average molecular weight is 475 g/mol. The predicted molar refractivity (Wildman–Crippen MR) is 132 cm³/mol. The largest absolute Gasteiger partial charge is 0.490 e. The van der Waals surface area contributed by atoms with E-state index in [9.17, 15) is 9.59 Å². The number of carbonyl (C=O) groups is 2. The molecule has 4 rings (SSSR count). The van der Waals surface area contributed by atoms with Gasteiger partial charge in [-0.1, -0.05) is 35.5 Å². The zero-order valence-electron chi connectivity index (χ0n) is 20.0. The van der Waals surface area contributed by atoms with Crippen LogP contribution in [0.2, 0.25) is 0 Å². The lowest BCUT2D eigenvalue weighted by Gasteiger charge is -2.28. The number of carbonyl (C=O) groups excluding carboxylic acids is 2. The lowest BCUT2D eigenvalue weighted by molar-refractivity contribution is -0.147. The van der Waals surface area contributed by atoms with Crippen molar-refractivity contribution in [3.8, 4) is 17.0 Å². The molecule has 0 unspecified atom stereocenters. The second-order valence-corrected chi connectivity index (χ2v) is 8.62. The highest BCUT2D eigenvalue weighted by Crippen LogP contribution is 2.30. The first-order valence-electron chi connectivity index (χ1n) is 11.8. The van der Waals surface area contributed by atoms with E-state index in [4.69, 9.17) is 9.47 Å². The van der Waals surface area contributed by atoms with Gasteiger partial charge in [0.15, 0.2) is 0 Å². The average Bonchev–Trinajstić information content (AvgIpc) is 3.27. The number of hydrogen-bond donors (Lipinski definition) is 1. The minimum absolute atomic E-state index is 0.00932. The van der Waals surface area contributed by atoms with Crippen LogP contribution in [0.3, 0.4) is 0 Å². The van der Waals surface area contributed by atoms with Gasteiger partial charge in [0.1, 0.15) is 11.4 Å². The quantitative estimate of drug-likeness (QED) is 0.393. The Hall–Kier alpha value is -3.94. The number of esters is 1. The molecular weight excluding hydrogens is 444 g/mol. The lowest BCUT2D eigenvalue weighted by Crippen LogP contribution is -2.30. The molecule has 1 aliphatic carbocycles. The van der Waals surface area contributed by atoms with Crippen LogP contribution in [0.15, 0.2) is 60.7 Å². The van der Waals surface area contributed by atoms with Gasteiger partial charge in [0.25, 0.3) is 0 Å². The predicted octanol–water partition coefficient (Wildman–Crippen LogP) is 3.92. The molecule has 0 bridgehead atoms. The number of nitrogens with one attached hydrogen (secondary N) is 1. The van der Waals surface area contributed by atoms with Gasteiger partial charge in [0, 0.05) is 18.7 Å². The molecule has 35 heavy (non-hydrogen) atoms. The summed E-state index contributed by atoms with van der Waals surface area (Å²) in [6.07, 6.45) is 6.65. The van der Waals surface area contributed by atoms with Gasteiger partial charge >= 0.3 is 5.97 Å². The summed E-state index contributed by atoms with van der Waals surface area (Å²) < 4.78 is 12.7. The molecule has 0 saturated heterocycles. The maximum absolute atomic E-state index is 12.3. The fourth-order valence-corrected chi connectivity index (χ4v) is 4.28. The van der Waals surface area contributed by atoms with E-state index in [1.54, 1.807) is 17.8 Å². The van der Waals surface area contributed by atoms with Crippen LogP contribution >= 0.6 is 0 Å². The maximum Gasteiger partial charge on any atom is 0.308 e. The smallest absolute Gasteiger partial charge is 0.308 e. The summed E-state index contributed by atoms with van der Waals surface area (Å²) in [6, 6.07) is 17.3. The molecule has 1 aromatic heterocycles. The van der Waals surface area contributed by atoms with Gasteiger partial charge in [-0.25, -0.2) is 4.68 Å². The highest BCUT2D eigenvalue weighted by atomic mass is 16.5. The van der Waals surface area contributed by atoms with Crippen LogP contribution < -0.4 is 10.1 Å². The Balaban J connectivity index is 1.37. The third kappa shape index (κ3) is 6.35. The van der Waals surface area contributed by atoms with Crippen molar-refractivity contribution in [3.05, 3.63) is 71.9 Å². The molecule has 1 saturated carbocycles. The van der Waals surface area contributed by atoms with Crippen molar-refractivity contribution in [2.45, 2.75) is 38.3 Å². The van der Waals surface area contributed by atoms with Gasteiger partial charge in [0.05, 0.1) is 31.4 Å². The molecule has 1 fully saturated rings. The molecule has 0 aliphatic heterocycles. The Morgan fingerprint density at radius 2 is 1.89 bits per heavy atom. The number of aryl methyl sites for hydroxylation is 1. The van der Waals surface area contributed by atoms with Crippen LogP contribution in [-0.4, -0.2) is 40.1 Å². The Morgan fingerprint density at radius 3 is 2.63 bits per heavy atom. The summed E-state index contributed by atoms with van der Waals surface area (Å²) in [7, 11) is 3.23. The third-order valence-corrected chi connectivity index (χ3v) is 6.19. The van der Waals surface area contributed by atoms with E-state index in [1.165, 1.54) is 13.2 Å². The van der Waals surface area contributed by atoms with Crippen LogP contribution in [0.4, 0.5) is 0 Å². The SMILES string of the molecule is COC(=O)[C@H]1CCC[C@H](Oc2ccc(-c3nnn(C)c3CNC(=O)/C=C/c3ccccc3)cc2)C1. The highest BCUT2D eigenvalue weighted by molar-refractivity contribution is 5.91. The standard InChI is InChI=1S/C27H30N4O4/c1-31-24(18-28-25(32)16-11-19-7-4-3-5-8-19)26(29-30-31)20-12-14-22(15-13-20)35-23-10-6-9-21(17-23)27(33)34-2/h3-5,7-8,11-16,21,23H,6,9-10,17-18H2,1-2H3,(H,28,32)/b16-11+/t21-,23-/m0/s1. The fraction of sp³-hybridized carbons (Fsp3) is 0.333. The number of methoxy groups -OCH3 is 1. The molecule has 8 nitrogen and oxygen atoms in total. The monoisotopic (exact) mass is 474 g/mol. The summed E-state index contributed by atoms with van der Waals surface area (Å²) in [6.45, 7) is 0.298. The summed E-state index contributed by atoms with van der Waals surface area (Å²) >= 11 is 0. The molecule has 2 atom stereocenters. The first-order valence-corrected chi connectivity index (χ1v) is 11.8. The number of nitrogens with zero attached hydrogens (tertiary/aromatic N) is 3. The molecule has 1 aliphatic rings. The second kappa shape index (κ2) is 11.5. The lowest BCUT2D eigenvalue weighted by atomic mass is 9.87. The maximum atomic E-state index is 12.3. The zero-order valence-corrected chi connectivity index (χ0v) is 20.0. The first kappa shape index (κ1) is 24.2.